The Kier molecular flexibility index (Phi) is 3.03. The molecule has 64 valence electrons. The summed E-state index contributed by atoms with van der Waals surface area (Å²) in [6, 6.07) is 6.35. The summed E-state index contributed by atoms with van der Waals surface area (Å²) in [4.78, 5) is 10.2. The average Bonchev–Trinajstić information content (AvgIpc) is 2.03. The molecular formula is C11H14O. The number of aryl methyl sites for hydroxylation is 3. The highest BCUT2D eigenvalue weighted by molar-refractivity contribution is 5.50. The van der Waals surface area contributed by atoms with Gasteiger partial charge in [0.25, 0.3) is 0 Å². The minimum absolute atomic E-state index is 0.629. The molecule has 0 saturated carbocycles. The van der Waals surface area contributed by atoms with Gasteiger partial charge in [0.2, 0.25) is 0 Å². The van der Waals surface area contributed by atoms with Gasteiger partial charge in [0.05, 0.1) is 0 Å². The number of hydrogen-bond acceptors (Lipinski definition) is 1. The normalized spacial score (nSPS) is 9.83. The molecular weight excluding hydrogens is 148 g/mol. The van der Waals surface area contributed by atoms with Crippen molar-refractivity contribution in [2.75, 3.05) is 0 Å². The smallest absolute Gasteiger partial charge is 0.120 e. The Hall–Kier alpha value is -1.11. The molecule has 0 radical (unpaired) electrons. The van der Waals surface area contributed by atoms with Crippen molar-refractivity contribution >= 4 is 6.29 Å². The van der Waals surface area contributed by atoms with Crippen LogP contribution in [0.15, 0.2) is 18.2 Å². The molecule has 0 aliphatic carbocycles. The molecule has 0 spiro atoms. The van der Waals surface area contributed by atoms with Crippen LogP contribution in [0.25, 0.3) is 0 Å². The summed E-state index contributed by atoms with van der Waals surface area (Å²) in [5.41, 5.74) is 3.85. The summed E-state index contributed by atoms with van der Waals surface area (Å²) in [6.07, 6.45) is 2.47. The minimum atomic E-state index is 0.629. The Balaban J connectivity index is 2.78. The second-order valence-corrected chi connectivity index (χ2v) is 3.14. The van der Waals surface area contributed by atoms with E-state index in [1.54, 1.807) is 0 Å². The zero-order chi connectivity index (χ0) is 8.97. The van der Waals surface area contributed by atoms with Crippen LogP contribution < -0.4 is 0 Å². The fourth-order valence-corrected chi connectivity index (χ4v) is 1.34. The van der Waals surface area contributed by atoms with Crippen molar-refractivity contribution in [1.29, 1.82) is 0 Å². The molecule has 0 fully saturated rings. The van der Waals surface area contributed by atoms with Crippen LogP contribution >= 0.6 is 0 Å². The molecule has 0 saturated heterocycles. The van der Waals surface area contributed by atoms with E-state index in [1.807, 2.05) is 0 Å². The van der Waals surface area contributed by atoms with Gasteiger partial charge in [0.15, 0.2) is 0 Å². The second kappa shape index (κ2) is 4.05. The van der Waals surface area contributed by atoms with Gasteiger partial charge < -0.3 is 4.79 Å². The fourth-order valence-electron chi connectivity index (χ4n) is 1.34. The van der Waals surface area contributed by atoms with E-state index in [9.17, 15) is 4.79 Å². The molecule has 0 atom stereocenters. The first-order valence-corrected chi connectivity index (χ1v) is 4.24. The lowest BCUT2D eigenvalue weighted by molar-refractivity contribution is -0.107. The number of rotatable bonds is 3. The Morgan fingerprint density at radius 1 is 1.33 bits per heavy atom. The molecule has 1 rings (SSSR count). The van der Waals surface area contributed by atoms with Crippen molar-refractivity contribution in [2.24, 2.45) is 0 Å². The first-order valence-electron chi connectivity index (χ1n) is 4.24. The summed E-state index contributed by atoms with van der Waals surface area (Å²) >= 11 is 0. The van der Waals surface area contributed by atoms with Gasteiger partial charge in [-0.25, -0.2) is 0 Å². The van der Waals surface area contributed by atoms with Gasteiger partial charge in [-0.05, 0) is 31.4 Å². The van der Waals surface area contributed by atoms with Gasteiger partial charge >= 0.3 is 0 Å². The average molecular weight is 162 g/mol. The lowest BCUT2D eigenvalue weighted by Gasteiger charge is -2.03. The van der Waals surface area contributed by atoms with E-state index in [-0.39, 0.29) is 0 Å². The van der Waals surface area contributed by atoms with Crippen LogP contribution in [-0.4, -0.2) is 6.29 Å². The zero-order valence-corrected chi connectivity index (χ0v) is 7.63. The van der Waals surface area contributed by atoms with Crippen LogP contribution in [0, 0.1) is 13.8 Å². The Bertz CT molecular complexity index is 276. The number of aldehydes is 1. The number of carbonyl (C=O) groups is 1. The summed E-state index contributed by atoms with van der Waals surface area (Å²) in [6.45, 7) is 4.17. The Morgan fingerprint density at radius 2 is 2.08 bits per heavy atom. The van der Waals surface area contributed by atoms with Crippen LogP contribution in [0.5, 0.6) is 0 Å². The van der Waals surface area contributed by atoms with Gasteiger partial charge in [-0.3, -0.25) is 0 Å². The van der Waals surface area contributed by atoms with Crippen molar-refractivity contribution in [3.63, 3.8) is 0 Å². The topological polar surface area (TPSA) is 17.1 Å². The lowest BCUT2D eigenvalue weighted by atomic mass is 10.0. The third-order valence-corrected chi connectivity index (χ3v) is 2.03. The highest BCUT2D eigenvalue weighted by atomic mass is 16.1. The third kappa shape index (κ3) is 2.19. The molecule has 0 heterocycles. The summed E-state index contributed by atoms with van der Waals surface area (Å²) in [7, 11) is 0. The summed E-state index contributed by atoms with van der Waals surface area (Å²) < 4.78 is 0. The molecule has 1 aromatic carbocycles. The van der Waals surface area contributed by atoms with Crippen molar-refractivity contribution in [2.45, 2.75) is 26.7 Å². The van der Waals surface area contributed by atoms with E-state index in [1.165, 1.54) is 16.7 Å². The minimum Gasteiger partial charge on any atom is -0.303 e. The predicted octanol–water partition coefficient (Wildman–Crippen LogP) is 2.43. The highest BCUT2D eigenvalue weighted by Crippen LogP contribution is 2.11. The summed E-state index contributed by atoms with van der Waals surface area (Å²) in [5, 5.41) is 0. The maximum absolute atomic E-state index is 10.2. The standard InChI is InChI=1S/C11H14O/c1-9-5-6-11(4-3-7-12)10(2)8-9/h5-8H,3-4H2,1-2H3. The molecule has 0 aliphatic heterocycles. The number of benzene rings is 1. The van der Waals surface area contributed by atoms with E-state index in [4.69, 9.17) is 0 Å². The van der Waals surface area contributed by atoms with Gasteiger partial charge in [0, 0.05) is 6.42 Å². The van der Waals surface area contributed by atoms with E-state index >= 15 is 0 Å². The van der Waals surface area contributed by atoms with Gasteiger partial charge in [-0.1, -0.05) is 23.8 Å². The Labute approximate surface area is 73.4 Å². The molecule has 1 nitrogen and oxygen atoms in total. The molecule has 1 heteroatoms. The van der Waals surface area contributed by atoms with Gasteiger partial charge in [0.1, 0.15) is 6.29 Å². The van der Waals surface area contributed by atoms with E-state index in [0.29, 0.717) is 6.42 Å². The maximum Gasteiger partial charge on any atom is 0.120 e. The highest BCUT2D eigenvalue weighted by Gasteiger charge is 1.96. The zero-order valence-electron chi connectivity index (χ0n) is 7.63. The Morgan fingerprint density at radius 3 is 2.67 bits per heavy atom. The van der Waals surface area contributed by atoms with Gasteiger partial charge in [-0.2, -0.15) is 0 Å². The molecule has 0 aromatic heterocycles. The molecule has 12 heavy (non-hydrogen) atoms. The number of carbonyl (C=O) groups excluding carboxylic acids is 1. The third-order valence-electron chi connectivity index (χ3n) is 2.03. The number of hydrogen-bond donors (Lipinski definition) is 0. The van der Waals surface area contributed by atoms with Gasteiger partial charge in [-0.15, -0.1) is 0 Å². The fraction of sp³-hybridized carbons (Fsp3) is 0.364. The molecule has 0 bridgehead atoms. The molecule has 0 unspecified atom stereocenters. The van der Waals surface area contributed by atoms with E-state index < -0.39 is 0 Å². The van der Waals surface area contributed by atoms with Crippen LogP contribution in [0.1, 0.15) is 23.1 Å². The quantitative estimate of drug-likeness (QED) is 0.624. The lowest BCUT2D eigenvalue weighted by Crippen LogP contribution is -1.90. The van der Waals surface area contributed by atoms with Crippen molar-refractivity contribution in [1.82, 2.24) is 0 Å². The molecule has 0 aliphatic rings. The monoisotopic (exact) mass is 162 g/mol. The van der Waals surface area contributed by atoms with Crippen LogP contribution in [-0.2, 0) is 11.2 Å². The van der Waals surface area contributed by atoms with Crippen molar-refractivity contribution < 1.29 is 4.79 Å². The maximum atomic E-state index is 10.2. The SMILES string of the molecule is Cc1ccc(CCC=O)c(C)c1. The molecule has 1 aromatic rings. The predicted molar refractivity (Wildman–Crippen MR) is 50.3 cm³/mol. The molecule has 0 N–H and O–H groups in total. The summed E-state index contributed by atoms with van der Waals surface area (Å²) in [5.74, 6) is 0. The van der Waals surface area contributed by atoms with Crippen LogP contribution in [0.2, 0.25) is 0 Å². The largest absolute Gasteiger partial charge is 0.303 e. The second-order valence-electron chi connectivity index (χ2n) is 3.14. The van der Waals surface area contributed by atoms with Crippen LogP contribution in [0.3, 0.4) is 0 Å². The van der Waals surface area contributed by atoms with E-state index in [0.717, 1.165) is 12.7 Å². The molecule has 0 amide bonds. The van der Waals surface area contributed by atoms with Crippen molar-refractivity contribution in [3.05, 3.63) is 34.9 Å². The van der Waals surface area contributed by atoms with Crippen molar-refractivity contribution in [3.8, 4) is 0 Å². The van der Waals surface area contributed by atoms with Crippen LogP contribution in [0.4, 0.5) is 0 Å². The first kappa shape index (κ1) is 8.98. The van der Waals surface area contributed by atoms with E-state index in [2.05, 4.69) is 32.0 Å². The first-order chi connectivity index (χ1) is 5.74.